The molecule has 1 heterocycles. The van der Waals surface area contributed by atoms with Gasteiger partial charge in [0.15, 0.2) is 10.9 Å². The number of hydrogen-bond acceptors (Lipinski definition) is 6. The molecule has 3 aromatic carbocycles. The Morgan fingerprint density at radius 1 is 1.00 bits per heavy atom. The van der Waals surface area contributed by atoms with Gasteiger partial charge in [-0.1, -0.05) is 12.1 Å². The van der Waals surface area contributed by atoms with Crippen molar-refractivity contribution in [3.05, 3.63) is 99.6 Å². The predicted octanol–water partition coefficient (Wildman–Crippen LogP) is 5.45. The summed E-state index contributed by atoms with van der Waals surface area (Å²) in [7, 11) is 0. The van der Waals surface area contributed by atoms with Gasteiger partial charge in [-0.25, -0.2) is 4.98 Å². The first-order chi connectivity index (χ1) is 16.7. The van der Waals surface area contributed by atoms with Gasteiger partial charge in [-0.3, -0.25) is 25.0 Å². The van der Waals surface area contributed by atoms with Crippen LogP contribution in [-0.2, 0) is 0 Å². The largest absolute Gasteiger partial charge is 0.332 e. The van der Waals surface area contributed by atoms with E-state index in [1.54, 1.807) is 36.4 Å². The molecule has 0 saturated heterocycles. The number of carbonyl (C=O) groups is 2. The molecular weight excluding hydrogens is 464 g/mol. The van der Waals surface area contributed by atoms with Crippen molar-refractivity contribution in [2.45, 2.75) is 13.8 Å². The Morgan fingerprint density at radius 3 is 2.40 bits per heavy atom. The Kier molecular flexibility index (Phi) is 6.61. The molecule has 35 heavy (non-hydrogen) atoms. The van der Waals surface area contributed by atoms with Crippen molar-refractivity contribution in [2.75, 3.05) is 5.32 Å². The first-order valence-electron chi connectivity index (χ1n) is 10.6. The van der Waals surface area contributed by atoms with Crippen LogP contribution in [0, 0.1) is 17.0 Å². The number of benzene rings is 3. The van der Waals surface area contributed by atoms with Crippen LogP contribution in [0.2, 0.25) is 0 Å². The number of rotatable bonds is 5. The highest BCUT2D eigenvalue weighted by atomic mass is 32.1. The Bertz CT molecular complexity index is 1500. The molecule has 0 atom stereocenters. The molecule has 0 radical (unpaired) electrons. The number of nitro benzene ring substituents is 1. The summed E-state index contributed by atoms with van der Waals surface area (Å²) in [5, 5.41) is 17.3. The lowest BCUT2D eigenvalue weighted by Gasteiger charge is -2.13. The lowest BCUT2D eigenvalue weighted by molar-refractivity contribution is -0.384. The van der Waals surface area contributed by atoms with Crippen molar-refractivity contribution >= 4 is 51.3 Å². The SMILES string of the molecule is CC(=O)c1ccc2nc(-c3ccc([N+](=O)[O-])cc3)cc(C(=O)NC(=S)Nc3cccc(C)c3)c2c1. The Balaban J connectivity index is 1.73. The minimum atomic E-state index is -0.484. The van der Waals surface area contributed by atoms with Gasteiger partial charge in [0.1, 0.15) is 0 Å². The number of nitrogens with one attached hydrogen (secondary N) is 2. The van der Waals surface area contributed by atoms with Crippen molar-refractivity contribution < 1.29 is 14.5 Å². The van der Waals surface area contributed by atoms with Gasteiger partial charge in [0.25, 0.3) is 11.6 Å². The smallest absolute Gasteiger partial charge is 0.269 e. The Morgan fingerprint density at radius 2 is 1.74 bits per heavy atom. The van der Waals surface area contributed by atoms with E-state index in [9.17, 15) is 19.7 Å². The van der Waals surface area contributed by atoms with Crippen LogP contribution in [0.25, 0.3) is 22.2 Å². The fraction of sp³-hybridized carbons (Fsp3) is 0.0769. The van der Waals surface area contributed by atoms with Crippen molar-refractivity contribution in [1.29, 1.82) is 0 Å². The molecule has 0 spiro atoms. The van der Waals surface area contributed by atoms with E-state index in [1.807, 2.05) is 31.2 Å². The second kappa shape index (κ2) is 9.78. The van der Waals surface area contributed by atoms with Gasteiger partial charge in [-0.05, 0) is 80.2 Å². The number of thiocarbonyl (C=S) groups is 1. The van der Waals surface area contributed by atoms with E-state index in [2.05, 4.69) is 15.6 Å². The van der Waals surface area contributed by atoms with Gasteiger partial charge in [-0.2, -0.15) is 0 Å². The summed E-state index contributed by atoms with van der Waals surface area (Å²) in [6.07, 6.45) is 0. The minimum absolute atomic E-state index is 0.0498. The molecule has 4 rings (SSSR count). The van der Waals surface area contributed by atoms with Crippen molar-refractivity contribution in [3.63, 3.8) is 0 Å². The zero-order valence-electron chi connectivity index (χ0n) is 18.9. The molecule has 2 N–H and O–H groups in total. The standard InChI is InChI=1S/C26H20N4O4S/c1-15-4-3-5-19(12-15)27-26(35)29-25(32)22-14-24(17-6-9-20(10-7-17)30(33)34)28-23-11-8-18(16(2)31)13-21(22)23/h3-14H,1-2H3,(H2,27,29,32,35). The van der Waals surface area contributed by atoms with Gasteiger partial charge < -0.3 is 5.32 Å². The number of non-ortho nitro benzene ring substituents is 1. The average Bonchev–Trinajstić information content (AvgIpc) is 2.82. The van der Waals surface area contributed by atoms with Crippen molar-refractivity contribution in [3.8, 4) is 11.3 Å². The monoisotopic (exact) mass is 484 g/mol. The topological polar surface area (TPSA) is 114 Å². The summed E-state index contributed by atoms with van der Waals surface area (Å²) in [5.74, 6) is -0.624. The number of nitro groups is 1. The van der Waals surface area contributed by atoms with E-state index >= 15 is 0 Å². The van der Waals surface area contributed by atoms with E-state index in [1.165, 1.54) is 19.1 Å². The number of ketones is 1. The number of aryl methyl sites for hydroxylation is 1. The molecule has 1 amide bonds. The number of nitrogens with zero attached hydrogens (tertiary/aromatic N) is 2. The third-order valence-corrected chi connectivity index (χ3v) is 5.54. The molecule has 0 saturated carbocycles. The third-order valence-electron chi connectivity index (χ3n) is 5.34. The molecule has 0 bridgehead atoms. The predicted molar refractivity (Wildman–Crippen MR) is 139 cm³/mol. The number of carbonyl (C=O) groups excluding carboxylic acids is 2. The summed E-state index contributed by atoms with van der Waals surface area (Å²) in [6.45, 7) is 3.39. The van der Waals surface area contributed by atoms with E-state index in [0.717, 1.165) is 11.3 Å². The van der Waals surface area contributed by atoms with Crippen LogP contribution in [0.15, 0.2) is 72.8 Å². The van der Waals surface area contributed by atoms with Gasteiger partial charge >= 0.3 is 0 Å². The Hall–Kier alpha value is -4.50. The van der Waals surface area contributed by atoms with Gasteiger partial charge in [0.2, 0.25) is 0 Å². The molecule has 4 aromatic rings. The van der Waals surface area contributed by atoms with Gasteiger partial charge in [0.05, 0.1) is 21.7 Å². The maximum absolute atomic E-state index is 13.3. The number of aromatic nitrogens is 1. The number of anilines is 1. The Labute approximate surface area is 206 Å². The highest BCUT2D eigenvalue weighted by Crippen LogP contribution is 2.27. The highest BCUT2D eigenvalue weighted by Gasteiger charge is 2.17. The highest BCUT2D eigenvalue weighted by molar-refractivity contribution is 7.80. The summed E-state index contributed by atoms with van der Waals surface area (Å²) in [5.41, 5.74) is 3.97. The summed E-state index contributed by atoms with van der Waals surface area (Å²) < 4.78 is 0. The quantitative estimate of drug-likeness (QED) is 0.168. The zero-order valence-corrected chi connectivity index (χ0v) is 19.7. The fourth-order valence-electron chi connectivity index (χ4n) is 3.59. The number of amides is 1. The molecule has 1 aromatic heterocycles. The number of Topliss-reactive ketones (excluding diaryl/α,β-unsaturated/α-hetero) is 1. The summed E-state index contributed by atoms with van der Waals surface area (Å²) >= 11 is 5.33. The first kappa shape index (κ1) is 23.7. The van der Waals surface area contributed by atoms with Crippen LogP contribution in [0.1, 0.15) is 33.2 Å². The lowest BCUT2D eigenvalue weighted by Crippen LogP contribution is -2.34. The van der Waals surface area contributed by atoms with Crippen LogP contribution < -0.4 is 10.6 Å². The average molecular weight is 485 g/mol. The normalized spacial score (nSPS) is 10.6. The number of fused-ring (bicyclic) bond motifs is 1. The molecule has 0 aliphatic carbocycles. The van der Waals surface area contributed by atoms with E-state index in [4.69, 9.17) is 12.2 Å². The van der Waals surface area contributed by atoms with Gasteiger partial charge in [-0.15, -0.1) is 0 Å². The van der Waals surface area contributed by atoms with Crippen molar-refractivity contribution in [1.82, 2.24) is 10.3 Å². The number of pyridine rings is 1. The molecule has 0 aliphatic rings. The van der Waals surface area contributed by atoms with E-state index in [0.29, 0.717) is 27.7 Å². The lowest BCUT2D eigenvalue weighted by atomic mass is 10.0. The summed E-state index contributed by atoms with van der Waals surface area (Å²) in [6, 6.07) is 20.0. The first-order valence-corrected chi connectivity index (χ1v) is 11.0. The molecule has 9 heteroatoms. The third kappa shape index (κ3) is 5.36. The molecule has 8 nitrogen and oxygen atoms in total. The van der Waals surface area contributed by atoms with Crippen LogP contribution >= 0.6 is 12.2 Å². The van der Waals surface area contributed by atoms with Crippen LogP contribution in [-0.4, -0.2) is 26.7 Å². The molecule has 0 fully saturated rings. The molecule has 0 aliphatic heterocycles. The van der Waals surface area contributed by atoms with Gasteiger partial charge in [0, 0.05) is 34.3 Å². The van der Waals surface area contributed by atoms with Crippen LogP contribution in [0.4, 0.5) is 11.4 Å². The minimum Gasteiger partial charge on any atom is -0.332 e. The second-order valence-corrected chi connectivity index (χ2v) is 8.33. The second-order valence-electron chi connectivity index (χ2n) is 7.92. The zero-order chi connectivity index (χ0) is 25.1. The molecule has 174 valence electrons. The van der Waals surface area contributed by atoms with E-state index in [-0.39, 0.29) is 22.1 Å². The maximum atomic E-state index is 13.3. The maximum Gasteiger partial charge on any atom is 0.269 e. The van der Waals surface area contributed by atoms with Crippen molar-refractivity contribution in [2.24, 2.45) is 0 Å². The van der Waals surface area contributed by atoms with Crippen LogP contribution in [0.5, 0.6) is 0 Å². The number of hydrogen-bond donors (Lipinski definition) is 2. The fourth-order valence-corrected chi connectivity index (χ4v) is 3.80. The van der Waals surface area contributed by atoms with Crippen LogP contribution in [0.3, 0.4) is 0 Å². The van der Waals surface area contributed by atoms with E-state index < -0.39 is 10.8 Å². The summed E-state index contributed by atoms with van der Waals surface area (Å²) in [4.78, 5) is 40.4. The molecular formula is C26H20N4O4S. The molecule has 0 unspecified atom stereocenters.